The molecule has 5 nitrogen and oxygen atoms in total. The molecule has 0 aliphatic rings. The molecule has 0 fully saturated rings. The molecule has 0 saturated carbocycles. The second-order valence-electron chi connectivity index (χ2n) is 3.20. The number of nitrogens with zero attached hydrogens (tertiary/aromatic N) is 3. The van der Waals surface area contributed by atoms with E-state index in [1.807, 2.05) is 14.1 Å². The molecule has 0 aliphatic heterocycles. The topological polar surface area (TPSA) is 58.5 Å². The number of rotatable bonds is 3. The smallest absolute Gasteiger partial charge is 0.129 e. The maximum atomic E-state index is 6.07. The third-order valence-electron chi connectivity index (χ3n) is 2.29. The van der Waals surface area contributed by atoms with Crippen molar-refractivity contribution >= 4 is 11.6 Å². The van der Waals surface area contributed by atoms with E-state index in [2.05, 4.69) is 20.4 Å². The van der Waals surface area contributed by atoms with Crippen LogP contribution in [0.5, 0.6) is 0 Å². The van der Waals surface area contributed by atoms with Crippen LogP contribution in [0.2, 0.25) is 5.02 Å². The molecule has 0 aromatic carbocycles. The number of aromatic nitrogens is 4. The monoisotopic (exact) mass is 225 g/mol. The number of imidazole rings is 1. The van der Waals surface area contributed by atoms with Crippen molar-refractivity contribution in [2.75, 3.05) is 7.05 Å². The van der Waals surface area contributed by atoms with E-state index in [0.717, 1.165) is 11.5 Å². The average molecular weight is 226 g/mol. The van der Waals surface area contributed by atoms with Crippen LogP contribution in [0, 0.1) is 0 Å². The Morgan fingerprint density at radius 3 is 2.87 bits per heavy atom. The number of aromatic amines is 1. The fraction of sp³-hybridized carbons (Fsp3) is 0.333. The molecular formula is C9H12ClN5. The van der Waals surface area contributed by atoms with E-state index in [4.69, 9.17) is 11.6 Å². The van der Waals surface area contributed by atoms with Crippen LogP contribution in [0.25, 0.3) is 0 Å². The molecular weight excluding hydrogens is 214 g/mol. The van der Waals surface area contributed by atoms with E-state index in [-0.39, 0.29) is 6.04 Å². The molecule has 6 heteroatoms. The first-order valence-electron chi connectivity index (χ1n) is 4.58. The number of aryl methyl sites for hydroxylation is 1. The highest BCUT2D eigenvalue weighted by molar-refractivity contribution is 6.31. The lowest BCUT2D eigenvalue weighted by atomic mass is 10.2. The van der Waals surface area contributed by atoms with Crippen molar-refractivity contribution in [2.24, 2.45) is 7.05 Å². The molecule has 2 aromatic rings. The Balaban J connectivity index is 2.44. The normalized spacial score (nSPS) is 13.0. The molecule has 2 aromatic heterocycles. The predicted molar refractivity (Wildman–Crippen MR) is 57.7 cm³/mol. The van der Waals surface area contributed by atoms with Crippen molar-refractivity contribution in [3.8, 4) is 0 Å². The fourth-order valence-corrected chi connectivity index (χ4v) is 1.86. The third kappa shape index (κ3) is 1.75. The van der Waals surface area contributed by atoms with Gasteiger partial charge in [-0.3, -0.25) is 4.68 Å². The van der Waals surface area contributed by atoms with Crippen molar-refractivity contribution in [1.82, 2.24) is 25.1 Å². The molecule has 2 rings (SSSR count). The number of H-pyrrole nitrogens is 1. The van der Waals surface area contributed by atoms with Gasteiger partial charge in [0.1, 0.15) is 11.9 Å². The van der Waals surface area contributed by atoms with E-state index in [1.54, 1.807) is 23.3 Å². The van der Waals surface area contributed by atoms with E-state index in [1.165, 1.54) is 0 Å². The van der Waals surface area contributed by atoms with Crippen molar-refractivity contribution in [2.45, 2.75) is 6.04 Å². The molecule has 15 heavy (non-hydrogen) atoms. The lowest BCUT2D eigenvalue weighted by Gasteiger charge is -2.14. The first kappa shape index (κ1) is 10.2. The first-order chi connectivity index (χ1) is 7.24. The largest absolute Gasteiger partial charge is 0.347 e. The Morgan fingerprint density at radius 1 is 1.60 bits per heavy atom. The van der Waals surface area contributed by atoms with Gasteiger partial charge in [0.25, 0.3) is 0 Å². The maximum Gasteiger partial charge on any atom is 0.129 e. The maximum absolute atomic E-state index is 6.07. The molecule has 2 N–H and O–H groups in total. The van der Waals surface area contributed by atoms with E-state index < -0.39 is 0 Å². The molecule has 0 aliphatic carbocycles. The number of nitrogens with one attached hydrogen (secondary N) is 2. The summed E-state index contributed by atoms with van der Waals surface area (Å²) in [6.07, 6.45) is 5.12. The van der Waals surface area contributed by atoms with Gasteiger partial charge in [0, 0.05) is 19.4 Å². The highest BCUT2D eigenvalue weighted by atomic mass is 35.5. The van der Waals surface area contributed by atoms with Crippen LogP contribution < -0.4 is 5.32 Å². The zero-order chi connectivity index (χ0) is 10.8. The zero-order valence-corrected chi connectivity index (χ0v) is 9.28. The van der Waals surface area contributed by atoms with Crippen LogP contribution in [0.3, 0.4) is 0 Å². The lowest BCUT2D eigenvalue weighted by Crippen LogP contribution is -2.22. The van der Waals surface area contributed by atoms with E-state index in [0.29, 0.717) is 5.02 Å². The molecule has 80 valence electrons. The van der Waals surface area contributed by atoms with E-state index >= 15 is 0 Å². The minimum Gasteiger partial charge on any atom is -0.347 e. The quantitative estimate of drug-likeness (QED) is 0.823. The Labute approximate surface area is 92.5 Å². The van der Waals surface area contributed by atoms with Crippen LogP contribution in [0.4, 0.5) is 0 Å². The van der Waals surface area contributed by atoms with Crippen molar-refractivity contribution < 1.29 is 0 Å². The second kappa shape index (κ2) is 4.04. The molecule has 0 radical (unpaired) electrons. The van der Waals surface area contributed by atoms with Crippen LogP contribution >= 0.6 is 11.6 Å². The van der Waals surface area contributed by atoms with Gasteiger partial charge < -0.3 is 10.3 Å². The average Bonchev–Trinajstić information content (AvgIpc) is 2.83. The van der Waals surface area contributed by atoms with E-state index in [9.17, 15) is 0 Å². The number of hydrogen-bond acceptors (Lipinski definition) is 3. The molecule has 2 heterocycles. The van der Waals surface area contributed by atoms with Crippen molar-refractivity contribution in [3.05, 3.63) is 35.1 Å². The van der Waals surface area contributed by atoms with Gasteiger partial charge in [-0.05, 0) is 7.05 Å². The summed E-state index contributed by atoms with van der Waals surface area (Å²) in [5, 5.41) is 7.88. The Hall–Kier alpha value is -1.33. The lowest BCUT2D eigenvalue weighted by molar-refractivity contribution is 0.585. The SMILES string of the molecule is CNC(c1ncc[nH]1)c1c(Cl)cnn1C. The summed E-state index contributed by atoms with van der Waals surface area (Å²) < 4.78 is 1.74. The first-order valence-corrected chi connectivity index (χ1v) is 4.95. The zero-order valence-electron chi connectivity index (χ0n) is 8.53. The van der Waals surface area contributed by atoms with Gasteiger partial charge in [-0.1, -0.05) is 11.6 Å². The summed E-state index contributed by atoms with van der Waals surface area (Å²) in [6, 6.07) is -0.0694. The van der Waals surface area contributed by atoms with Gasteiger partial charge in [-0.2, -0.15) is 5.10 Å². The minimum absolute atomic E-state index is 0.0694. The summed E-state index contributed by atoms with van der Waals surface area (Å²) in [6.45, 7) is 0. The van der Waals surface area contributed by atoms with Crippen molar-refractivity contribution in [1.29, 1.82) is 0 Å². The molecule has 1 atom stereocenters. The van der Waals surface area contributed by atoms with Crippen LogP contribution in [-0.4, -0.2) is 26.8 Å². The summed E-state index contributed by atoms with van der Waals surface area (Å²) in [5.74, 6) is 0.822. The van der Waals surface area contributed by atoms with Gasteiger partial charge in [0.2, 0.25) is 0 Å². The Morgan fingerprint density at radius 2 is 2.40 bits per heavy atom. The van der Waals surface area contributed by atoms with Crippen LogP contribution in [0.1, 0.15) is 17.6 Å². The Kier molecular flexibility index (Phi) is 2.75. The summed E-state index contributed by atoms with van der Waals surface area (Å²) >= 11 is 6.07. The minimum atomic E-state index is -0.0694. The highest BCUT2D eigenvalue weighted by Crippen LogP contribution is 2.25. The Bertz CT molecular complexity index is 414. The highest BCUT2D eigenvalue weighted by Gasteiger charge is 2.20. The van der Waals surface area contributed by atoms with Crippen LogP contribution in [-0.2, 0) is 7.05 Å². The van der Waals surface area contributed by atoms with Crippen molar-refractivity contribution in [3.63, 3.8) is 0 Å². The fourth-order valence-electron chi connectivity index (χ4n) is 1.58. The third-order valence-corrected chi connectivity index (χ3v) is 2.58. The standard InChI is InChI=1S/C9H12ClN5/c1-11-7(9-12-3-4-13-9)8-6(10)5-14-15(8)2/h3-5,7,11H,1-2H3,(H,12,13). The van der Waals surface area contributed by atoms with Gasteiger partial charge in [0.15, 0.2) is 0 Å². The number of hydrogen-bond donors (Lipinski definition) is 2. The molecule has 0 amide bonds. The number of halogens is 1. The summed E-state index contributed by atoms with van der Waals surface area (Å²) in [4.78, 5) is 7.27. The summed E-state index contributed by atoms with van der Waals surface area (Å²) in [5.41, 5.74) is 0.897. The predicted octanol–water partition coefficient (Wildman–Crippen LogP) is 1.11. The molecule has 0 spiro atoms. The molecule has 0 saturated heterocycles. The van der Waals surface area contributed by atoms with Gasteiger partial charge in [0.05, 0.1) is 16.9 Å². The van der Waals surface area contributed by atoms with Crippen LogP contribution in [0.15, 0.2) is 18.6 Å². The van der Waals surface area contributed by atoms with Gasteiger partial charge in [-0.15, -0.1) is 0 Å². The molecule has 1 unspecified atom stereocenters. The summed E-state index contributed by atoms with van der Waals surface area (Å²) in [7, 11) is 3.71. The van der Waals surface area contributed by atoms with Gasteiger partial charge >= 0.3 is 0 Å². The van der Waals surface area contributed by atoms with Gasteiger partial charge in [-0.25, -0.2) is 4.98 Å². The molecule has 0 bridgehead atoms. The second-order valence-corrected chi connectivity index (χ2v) is 3.60.